The molecule has 0 spiro atoms. The van der Waals surface area contributed by atoms with E-state index in [4.69, 9.17) is 4.74 Å². The van der Waals surface area contributed by atoms with E-state index < -0.39 is 0 Å². The Morgan fingerprint density at radius 2 is 2.06 bits per heavy atom. The molecule has 0 aliphatic rings. The lowest BCUT2D eigenvalue weighted by molar-refractivity contribution is 0.310. The summed E-state index contributed by atoms with van der Waals surface area (Å²) < 4.78 is 6.88. The van der Waals surface area contributed by atoms with Crippen molar-refractivity contribution in [2.45, 2.75) is 19.8 Å². The van der Waals surface area contributed by atoms with Crippen molar-refractivity contribution in [2.75, 3.05) is 6.61 Å². The van der Waals surface area contributed by atoms with Gasteiger partial charge in [-0.15, -0.1) is 0 Å². The Bertz CT molecular complexity index is 465. The SMILES string of the molecule is Cc1[nH]cnc1CCCOc1ccc(I)cc1. The topological polar surface area (TPSA) is 37.9 Å². The maximum atomic E-state index is 5.66. The van der Waals surface area contributed by atoms with Gasteiger partial charge in [-0.25, -0.2) is 4.98 Å². The van der Waals surface area contributed by atoms with E-state index in [2.05, 4.69) is 32.6 Å². The van der Waals surface area contributed by atoms with E-state index in [9.17, 15) is 0 Å². The zero-order valence-corrected chi connectivity index (χ0v) is 11.9. The van der Waals surface area contributed by atoms with Crippen LogP contribution >= 0.6 is 22.6 Å². The molecule has 0 fully saturated rings. The number of ether oxygens (including phenoxy) is 1. The second-order valence-electron chi connectivity index (χ2n) is 3.88. The lowest BCUT2D eigenvalue weighted by Gasteiger charge is -2.05. The number of H-pyrrole nitrogens is 1. The third-order valence-corrected chi connectivity index (χ3v) is 3.29. The summed E-state index contributed by atoms with van der Waals surface area (Å²) in [6, 6.07) is 8.10. The average molecular weight is 342 g/mol. The van der Waals surface area contributed by atoms with Gasteiger partial charge >= 0.3 is 0 Å². The molecule has 1 heterocycles. The second-order valence-corrected chi connectivity index (χ2v) is 5.13. The molecule has 4 heteroatoms. The number of imidazole rings is 1. The highest BCUT2D eigenvalue weighted by molar-refractivity contribution is 14.1. The van der Waals surface area contributed by atoms with E-state index in [-0.39, 0.29) is 0 Å². The van der Waals surface area contributed by atoms with Crippen molar-refractivity contribution in [3.05, 3.63) is 45.6 Å². The third kappa shape index (κ3) is 3.73. The van der Waals surface area contributed by atoms with Crippen LogP contribution in [0.5, 0.6) is 5.75 Å². The number of nitrogens with one attached hydrogen (secondary N) is 1. The van der Waals surface area contributed by atoms with Gasteiger partial charge in [0, 0.05) is 9.26 Å². The molecule has 90 valence electrons. The fourth-order valence-corrected chi connectivity index (χ4v) is 1.96. The van der Waals surface area contributed by atoms with Gasteiger partial charge in [-0.05, 0) is 66.6 Å². The first-order valence-corrected chi connectivity index (χ1v) is 6.71. The van der Waals surface area contributed by atoms with Gasteiger partial charge in [0.05, 0.1) is 18.6 Å². The van der Waals surface area contributed by atoms with Crippen LogP contribution in [0.2, 0.25) is 0 Å². The fraction of sp³-hybridized carbons (Fsp3) is 0.308. The van der Waals surface area contributed by atoms with E-state index in [0.29, 0.717) is 0 Å². The molecule has 0 radical (unpaired) electrons. The van der Waals surface area contributed by atoms with Crippen molar-refractivity contribution in [2.24, 2.45) is 0 Å². The number of hydrogen-bond donors (Lipinski definition) is 1. The van der Waals surface area contributed by atoms with Crippen LogP contribution in [0.3, 0.4) is 0 Å². The predicted molar refractivity (Wildman–Crippen MR) is 76.3 cm³/mol. The number of halogens is 1. The van der Waals surface area contributed by atoms with E-state index in [1.54, 1.807) is 6.33 Å². The Morgan fingerprint density at radius 1 is 1.29 bits per heavy atom. The summed E-state index contributed by atoms with van der Waals surface area (Å²) >= 11 is 2.28. The fourth-order valence-electron chi connectivity index (χ4n) is 1.60. The van der Waals surface area contributed by atoms with Crippen LogP contribution < -0.4 is 4.74 Å². The summed E-state index contributed by atoms with van der Waals surface area (Å²) in [6.07, 6.45) is 3.68. The number of nitrogens with zero attached hydrogens (tertiary/aromatic N) is 1. The lowest BCUT2D eigenvalue weighted by Crippen LogP contribution is -2.00. The molecule has 0 amide bonds. The highest BCUT2D eigenvalue weighted by atomic mass is 127. The highest BCUT2D eigenvalue weighted by Gasteiger charge is 2.00. The van der Waals surface area contributed by atoms with Crippen LogP contribution in [0.25, 0.3) is 0 Å². The van der Waals surface area contributed by atoms with Gasteiger partial charge in [0.15, 0.2) is 0 Å². The van der Waals surface area contributed by atoms with E-state index >= 15 is 0 Å². The predicted octanol–water partition coefficient (Wildman–Crippen LogP) is 3.33. The summed E-state index contributed by atoms with van der Waals surface area (Å²) in [5, 5.41) is 0. The van der Waals surface area contributed by atoms with Crippen molar-refractivity contribution in [3.8, 4) is 5.75 Å². The van der Waals surface area contributed by atoms with E-state index in [0.717, 1.165) is 36.6 Å². The summed E-state index contributed by atoms with van der Waals surface area (Å²) in [7, 11) is 0. The Labute approximate surface area is 115 Å². The van der Waals surface area contributed by atoms with Crippen molar-refractivity contribution in [3.63, 3.8) is 0 Å². The lowest BCUT2D eigenvalue weighted by atomic mass is 10.2. The van der Waals surface area contributed by atoms with Crippen molar-refractivity contribution in [1.82, 2.24) is 9.97 Å². The van der Waals surface area contributed by atoms with Crippen molar-refractivity contribution < 1.29 is 4.74 Å². The summed E-state index contributed by atoms with van der Waals surface area (Å²) in [4.78, 5) is 7.34. The largest absolute Gasteiger partial charge is 0.494 e. The minimum atomic E-state index is 0.729. The third-order valence-electron chi connectivity index (χ3n) is 2.57. The molecular formula is C13H15IN2O. The minimum absolute atomic E-state index is 0.729. The van der Waals surface area contributed by atoms with Gasteiger partial charge in [-0.1, -0.05) is 0 Å². The van der Waals surface area contributed by atoms with Crippen molar-refractivity contribution >= 4 is 22.6 Å². The molecule has 2 rings (SSSR count). The first-order chi connectivity index (χ1) is 8.25. The van der Waals surface area contributed by atoms with Crippen LogP contribution in [0, 0.1) is 10.5 Å². The van der Waals surface area contributed by atoms with Gasteiger partial charge in [-0.2, -0.15) is 0 Å². The maximum Gasteiger partial charge on any atom is 0.119 e. The van der Waals surface area contributed by atoms with Gasteiger partial charge in [0.25, 0.3) is 0 Å². The van der Waals surface area contributed by atoms with Crippen LogP contribution in [0.4, 0.5) is 0 Å². The smallest absolute Gasteiger partial charge is 0.119 e. The molecular weight excluding hydrogens is 327 g/mol. The number of hydrogen-bond acceptors (Lipinski definition) is 2. The van der Waals surface area contributed by atoms with Gasteiger partial charge in [0.1, 0.15) is 5.75 Å². The molecule has 0 saturated heterocycles. The van der Waals surface area contributed by atoms with E-state index in [1.165, 1.54) is 3.57 Å². The highest BCUT2D eigenvalue weighted by Crippen LogP contribution is 2.14. The number of rotatable bonds is 5. The quantitative estimate of drug-likeness (QED) is 0.669. The zero-order chi connectivity index (χ0) is 12.1. The Hall–Kier alpha value is -1.04. The Balaban J connectivity index is 1.73. The molecule has 0 saturated carbocycles. The normalized spacial score (nSPS) is 10.5. The first-order valence-electron chi connectivity index (χ1n) is 5.63. The Morgan fingerprint density at radius 3 is 2.71 bits per heavy atom. The number of aromatic nitrogens is 2. The monoisotopic (exact) mass is 342 g/mol. The molecule has 1 aromatic heterocycles. The molecule has 1 aromatic carbocycles. The molecule has 2 aromatic rings. The zero-order valence-electron chi connectivity index (χ0n) is 9.74. The van der Waals surface area contributed by atoms with Crippen LogP contribution in [0.1, 0.15) is 17.8 Å². The van der Waals surface area contributed by atoms with Gasteiger partial charge < -0.3 is 9.72 Å². The van der Waals surface area contributed by atoms with E-state index in [1.807, 2.05) is 31.2 Å². The molecule has 17 heavy (non-hydrogen) atoms. The molecule has 0 aliphatic heterocycles. The van der Waals surface area contributed by atoms with Gasteiger partial charge in [0.2, 0.25) is 0 Å². The molecule has 1 N–H and O–H groups in total. The van der Waals surface area contributed by atoms with Crippen LogP contribution in [-0.2, 0) is 6.42 Å². The average Bonchev–Trinajstić information content (AvgIpc) is 2.73. The van der Waals surface area contributed by atoms with Gasteiger partial charge in [-0.3, -0.25) is 0 Å². The molecule has 0 unspecified atom stereocenters. The maximum absolute atomic E-state index is 5.66. The molecule has 0 bridgehead atoms. The number of benzene rings is 1. The van der Waals surface area contributed by atoms with Crippen LogP contribution in [0.15, 0.2) is 30.6 Å². The summed E-state index contributed by atoms with van der Waals surface area (Å²) in [6.45, 7) is 2.77. The molecule has 0 atom stereocenters. The Kier molecular flexibility index (Phi) is 4.42. The number of aryl methyl sites for hydroxylation is 2. The van der Waals surface area contributed by atoms with Crippen LogP contribution in [-0.4, -0.2) is 16.6 Å². The standard InChI is InChI=1S/C13H15IN2O/c1-10-13(16-9-15-10)3-2-8-17-12-6-4-11(14)5-7-12/h4-7,9H,2-3,8H2,1H3,(H,15,16). The summed E-state index contributed by atoms with van der Waals surface area (Å²) in [5.74, 6) is 0.934. The molecule has 0 aliphatic carbocycles. The van der Waals surface area contributed by atoms with Crippen molar-refractivity contribution in [1.29, 1.82) is 0 Å². The number of aromatic amines is 1. The second kappa shape index (κ2) is 6.05. The summed E-state index contributed by atoms with van der Waals surface area (Å²) in [5.41, 5.74) is 2.29. The molecule has 3 nitrogen and oxygen atoms in total. The first kappa shape index (κ1) is 12.4. The minimum Gasteiger partial charge on any atom is -0.494 e.